The lowest BCUT2D eigenvalue weighted by atomic mass is 10.3. The van der Waals surface area contributed by atoms with Crippen LogP contribution in [0.5, 0.6) is 0 Å². The molecule has 7 heteroatoms. The van der Waals surface area contributed by atoms with Gasteiger partial charge in [-0.2, -0.15) is 4.98 Å². The van der Waals surface area contributed by atoms with E-state index in [0.29, 0.717) is 5.95 Å². The molecule has 0 bridgehead atoms. The number of nitrogens with zero attached hydrogens (tertiary/aromatic N) is 2. The van der Waals surface area contributed by atoms with Gasteiger partial charge in [0, 0.05) is 25.1 Å². The Morgan fingerprint density at radius 1 is 1.42 bits per heavy atom. The highest BCUT2D eigenvalue weighted by atomic mass is 32.1. The number of hydrogen-bond acceptors (Lipinski definition) is 7. The molecule has 104 valence electrons. The number of fused-ring (bicyclic) bond motifs is 1. The van der Waals surface area contributed by atoms with Crippen molar-refractivity contribution >= 4 is 33.3 Å². The molecule has 0 radical (unpaired) electrons. The van der Waals surface area contributed by atoms with Crippen LogP contribution in [-0.2, 0) is 11.2 Å². The molecule has 0 aromatic carbocycles. The number of ether oxygens (including phenoxy) is 1. The molecular formula is C12H19N5OS. The third-order valence-corrected chi connectivity index (χ3v) is 3.91. The lowest BCUT2D eigenvalue weighted by molar-refractivity contribution is 0.198. The maximum Gasteiger partial charge on any atom is 0.240 e. The van der Waals surface area contributed by atoms with Crippen molar-refractivity contribution in [2.45, 2.75) is 19.8 Å². The Morgan fingerprint density at radius 2 is 2.26 bits per heavy atom. The van der Waals surface area contributed by atoms with Crippen LogP contribution in [0.3, 0.4) is 0 Å². The first-order valence-electron chi connectivity index (χ1n) is 6.28. The molecule has 0 amide bonds. The van der Waals surface area contributed by atoms with Gasteiger partial charge in [0.2, 0.25) is 5.95 Å². The summed E-state index contributed by atoms with van der Waals surface area (Å²) < 4.78 is 5.03. The highest BCUT2D eigenvalue weighted by Gasteiger charge is 2.10. The van der Waals surface area contributed by atoms with E-state index in [0.717, 1.165) is 42.0 Å². The van der Waals surface area contributed by atoms with Gasteiger partial charge in [-0.05, 0) is 18.9 Å². The number of aryl methyl sites for hydroxylation is 1. The average molecular weight is 281 g/mol. The van der Waals surface area contributed by atoms with Crippen LogP contribution >= 0.6 is 11.3 Å². The van der Waals surface area contributed by atoms with Crippen LogP contribution in [0.25, 0.3) is 10.2 Å². The number of hydrazine groups is 1. The van der Waals surface area contributed by atoms with Crippen LogP contribution in [0, 0.1) is 0 Å². The molecule has 0 spiro atoms. The molecule has 0 saturated heterocycles. The number of nitrogen functional groups attached to an aromatic ring is 1. The molecule has 4 N–H and O–H groups in total. The molecular weight excluding hydrogens is 262 g/mol. The number of methoxy groups -OCH3 is 1. The van der Waals surface area contributed by atoms with Crippen LogP contribution in [0.2, 0.25) is 0 Å². The summed E-state index contributed by atoms with van der Waals surface area (Å²) in [5.41, 5.74) is 2.51. The van der Waals surface area contributed by atoms with Crippen LogP contribution in [0.4, 0.5) is 11.8 Å². The van der Waals surface area contributed by atoms with Crippen molar-refractivity contribution in [2.24, 2.45) is 5.84 Å². The lowest BCUT2D eigenvalue weighted by Crippen LogP contribution is -2.12. The third kappa shape index (κ3) is 3.31. The molecule has 0 fully saturated rings. The Kier molecular flexibility index (Phi) is 4.89. The van der Waals surface area contributed by atoms with Crippen molar-refractivity contribution in [3.8, 4) is 0 Å². The Hall–Kier alpha value is -1.44. The van der Waals surface area contributed by atoms with E-state index < -0.39 is 0 Å². The molecule has 6 nitrogen and oxygen atoms in total. The zero-order chi connectivity index (χ0) is 13.7. The lowest BCUT2D eigenvalue weighted by Gasteiger charge is -2.08. The predicted molar refractivity (Wildman–Crippen MR) is 79.6 cm³/mol. The number of nitrogens with one attached hydrogen (secondary N) is 2. The largest absolute Gasteiger partial charge is 0.385 e. The number of anilines is 2. The van der Waals surface area contributed by atoms with Gasteiger partial charge in [0.1, 0.15) is 10.6 Å². The fourth-order valence-electron chi connectivity index (χ4n) is 1.77. The second-order valence-corrected chi connectivity index (χ2v) is 5.21. The minimum Gasteiger partial charge on any atom is -0.385 e. The molecule has 2 aromatic heterocycles. The van der Waals surface area contributed by atoms with E-state index in [1.165, 1.54) is 4.88 Å². The van der Waals surface area contributed by atoms with Gasteiger partial charge in [0.15, 0.2) is 0 Å². The van der Waals surface area contributed by atoms with Gasteiger partial charge in [0.25, 0.3) is 0 Å². The summed E-state index contributed by atoms with van der Waals surface area (Å²) in [5.74, 6) is 6.67. The Balaban J connectivity index is 2.25. The summed E-state index contributed by atoms with van der Waals surface area (Å²) >= 11 is 1.67. The van der Waals surface area contributed by atoms with Crippen molar-refractivity contribution in [3.05, 3.63) is 10.9 Å². The van der Waals surface area contributed by atoms with Gasteiger partial charge >= 0.3 is 0 Å². The Morgan fingerprint density at radius 3 is 2.95 bits per heavy atom. The number of rotatable bonds is 7. The third-order valence-electron chi connectivity index (χ3n) is 2.74. The maximum absolute atomic E-state index is 5.41. The van der Waals surface area contributed by atoms with E-state index in [4.69, 9.17) is 10.6 Å². The molecule has 19 heavy (non-hydrogen) atoms. The SMILES string of the molecule is CCc1cc2c(NCCCOC)nc(NN)nc2s1. The standard InChI is InChI=1S/C12H19N5OS/c1-3-8-7-9-10(14-5-4-6-18-2)15-12(17-13)16-11(9)19-8/h7H,3-6,13H2,1-2H3,(H2,14,15,16,17). The number of hydrogen-bond donors (Lipinski definition) is 3. The molecule has 2 aromatic rings. The van der Waals surface area contributed by atoms with Crippen LogP contribution in [0.15, 0.2) is 6.07 Å². The van der Waals surface area contributed by atoms with E-state index in [1.807, 2.05) is 0 Å². The zero-order valence-corrected chi connectivity index (χ0v) is 12.0. The molecule has 0 unspecified atom stereocenters. The zero-order valence-electron chi connectivity index (χ0n) is 11.2. The molecule has 2 rings (SSSR count). The number of thiophene rings is 1. The summed E-state index contributed by atoms with van der Waals surface area (Å²) in [7, 11) is 1.70. The fraction of sp³-hybridized carbons (Fsp3) is 0.500. The first-order valence-corrected chi connectivity index (χ1v) is 7.10. The summed E-state index contributed by atoms with van der Waals surface area (Å²) in [6, 6.07) is 2.14. The Bertz CT molecular complexity index is 542. The minimum absolute atomic E-state index is 0.436. The van der Waals surface area contributed by atoms with Crippen molar-refractivity contribution in [2.75, 3.05) is 31.0 Å². The van der Waals surface area contributed by atoms with E-state index in [1.54, 1.807) is 18.4 Å². The molecule has 0 aliphatic carbocycles. The quantitative estimate of drug-likeness (QED) is 0.409. The second-order valence-electron chi connectivity index (χ2n) is 4.10. The van der Waals surface area contributed by atoms with Crippen molar-refractivity contribution in [3.63, 3.8) is 0 Å². The molecule has 0 saturated carbocycles. The molecule has 2 heterocycles. The molecule has 0 aliphatic rings. The van der Waals surface area contributed by atoms with E-state index in [-0.39, 0.29) is 0 Å². The molecule has 0 atom stereocenters. The Labute approximate surface area is 116 Å². The van der Waals surface area contributed by atoms with E-state index in [9.17, 15) is 0 Å². The first kappa shape index (κ1) is 14.0. The van der Waals surface area contributed by atoms with Crippen LogP contribution in [0.1, 0.15) is 18.2 Å². The topological polar surface area (TPSA) is 85.1 Å². The van der Waals surface area contributed by atoms with Crippen molar-refractivity contribution < 1.29 is 4.74 Å². The fourth-order valence-corrected chi connectivity index (χ4v) is 2.74. The van der Waals surface area contributed by atoms with Gasteiger partial charge in [-0.25, -0.2) is 10.8 Å². The van der Waals surface area contributed by atoms with Crippen molar-refractivity contribution in [1.82, 2.24) is 9.97 Å². The first-order chi connectivity index (χ1) is 9.28. The normalized spacial score (nSPS) is 10.9. The van der Waals surface area contributed by atoms with Crippen LogP contribution in [-0.4, -0.2) is 30.2 Å². The van der Waals surface area contributed by atoms with Gasteiger partial charge in [-0.1, -0.05) is 6.92 Å². The van der Waals surface area contributed by atoms with Gasteiger partial charge < -0.3 is 10.1 Å². The van der Waals surface area contributed by atoms with E-state index >= 15 is 0 Å². The van der Waals surface area contributed by atoms with E-state index in [2.05, 4.69) is 33.7 Å². The maximum atomic E-state index is 5.41. The summed E-state index contributed by atoms with van der Waals surface area (Å²) in [4.78, 5) is 11.0. The minimum atomic E-state index is 0.436. The van der Waals surface area contributed by atoms with Gasteiger partial charge in [-0.15, -0.1) is 11.3 Å². The highest BCUT2D eigenvalue weighted by molar-refractivity contribution is 7.18. The van der Waals surface area contributed by atoms with Crippen molar-refractivity contribution in [1.29, 1.82) is 0 Å². The van der Waals surface area contributed by atoms with Gasteiger partial charge in [-0.3, -0.25) is 5.43 Å². The summed E-state index contributed by atoms with van der Waals surface area (Å²) in [6.45, 7) is 3.67. The van der Waals surface area contributed by atoms with Crippen LogP contribution < -0.4 is 16.6 Å². The number of nitrogens with two attached hydrogens (primary N) is 1. The monoisotopic (exact) mass is 281 g/mol. The highest BCUT2D eigenvalue weighted by Crippen LogP contribution is 2.30. The van der Waals surface area contributed by atoms with Gasteiger partial charge in [0.05, 0.1) is 5.39 Å². The molecule has 0 aliphatic heterocycles. The number of aromatic nitrogens is 2. The summed E-state index contributed by atoms with van der Waals surface area (Å²) in [6.07, 6.45) is 1.92. The summed E-state index contributed by atoms with van der Waals surface area (Å²) in [5, 5.41) is 4.37. The smallest absolute Gasteiger partial charge is 0.240 e. The average Bonchev–Trinajstić information content (AvgIpc) is 2.86. The second kappa shape index (κ2) is 6.65. The predicted octanol–water partition coefficient (Wildman–Crippen LogP) is 1.99.